The van der Waals surface area contributed by atoms with Crippen molar-refractivity contribution in [3.05, 3.63) is 63.7 Å². The van der Waals surface area contributed by atoms with Crippen molar-refractivity contribution in [2.75, 3.05) is 19.6 Å². The third-order valence-electron chi connectivity index (χ3n) is 4.16. The van der Waals surface area contributed by atoms with Crippen molar-refractivity contribution in [2.24, 2.45) is 0 Å². The highest BCUT2D eigenvalue weighted by Gasteiger charge is 2.18. The Hall–Kier alpha value is -2.15. The van der Waals surface area contributed by atoms with Gasteiger partial charge >= 0.3 is 0 Å². The summed E-state index contributed by atoms with van der Waals surface area (Å²) in [5.74, 6) is 1.57. The topological polar surface area (TPSA) is 42.2 Å². The standard InChI is InChI=1S/C20H17Cl2NO2/c1-24-16-5-6-18-13(10-16)3-2-4-17(18)14-9-15(12-23)20(19(22)11-14)25-8-7-21/h4-6,9-11H,2-3,7-8H2,1H3. The molecular weight excluding hydrogens is 357 g/mol. The van der Waals surface area contributed by atoms with Crippen LogP contribution in [0, 0.1) is 11.3 Å². The Kier molecular flexibility index (Phi) is 5.53. The van der Waals surface area contributed by atoms with Gasteiger partial charge in [0.15, 0.2) is 5.75 Å². The fourth-order valence-corrected chi connectivity index (χ4v) is 3.39. The lowest BCUT2D eigenvalue weighted by atomic mass is 9.86. The van der Waals surface area contributed by atoms with Crippen LogP contribution in [0.2, 0.25) is 5.02 Å². The van der Waals surface area contributed by atoms with Gasteiger partial charge in [-0.2, -0.15) is 5.26 Å². The molecule has 0 unspecified atom stereocenters. The Bertz CT molecular complexity index is 869. The van der Waals surface area contributed by atoms with E-state index >= 15 is 0 Å². The molecule has 0 fully saturated rings. The number of halogens is 2. The lowest BCUT2D eigenvalue weighted by Gasteiger charge is -2.20. The normalized spacial score (nSPS) is 12.8. The molecule has 1 aliphatic carbocycles. The number of hydrogen-bond acceptors (Lipinski definition) is 3. The van der Waals surface area contributed by atoms with Crippen molar-refractivity contribution >= 4 is 28.8 Å². The second kappa shape index (κ2) is 7.82. The summed E-state index contributed by atoms with van der Waals surface area (Å²) in [5.41, 5.74) is 4.77. The minimum absolute atomic E-state index is 0.306. The molecule has 0 spiro atoms. The van der Waals surface area contributed by atoms with Gasteiger partial charge in [0.25, 0.3) is 0 Å². The van der Waals surface area contributed by atoms with E-state index in [-0.39, 0.29) is 0 Å². The van der Waals surface area contributed by atoms with E-state index in [0.29, 0.717) is 28.8 Å². The van der Waals surface area contributed by atoms with Crippen LogP contribution < -0.4 is 9.47 Å². The summed E-state index contributed by atoms with van der Waals surface area (Å²) in [5, 5.41) is 9.89. The number of allylic oxidation sites excluding steroid dienone is 1. The van der Waals surface area contributed by atoms with Crippen molar-refractivity contribution in [2.45, 2.75) is 12.8 Å². The number of alkyl halides is 1. The van der Waals surface area contributed by atoms with Crippen molar-refractivity contribution in [1.29, 1.82) is 5.26 Å². The van der Waals surface area contributed by atoms with Gasteiger partial charge in [-0.15, -0.1) is 11.6 Å². The maximum atomic E-state index is 9.47. The molecule has 0 saturated carbocycles. The molecule has 0 aliphatic heterocycles. The molecule has 5 heteroatoms. The molecule has 2 aromatic carbocycles. The molecule has 128 valence electrons. The highest BCUT2D eigenvalue weighted by Crippen LogP contribution is 2.38. The van der Waals surface area contributed by atoms with Crippen molar-refractivity contribution < 1.29 is 9.47 Å². The van der Waals surface area contributed by atoms with Gasteiger partial charge in [0, 0.05) is 0 Å². The number of hydrogen-bond donors (Lipinski definition) is 0. The minimum atomic E-state index is 0.306. The molecule has 25 heavy (non-hydrogen) atoms. The second-order valence-electron chi connectivity index (χ2n) is 5.66. The number of fused-ring (bicyclic) bond motifs is 1. The number of nitrogens with zero attached hydrogens (tertiary/aromatic N) is 1. The average molecular weight is 374 g/mol. The quantitative estimate of drug-likeness (QED) is 0.675. The van der Waals surface area contributed by atoms with Gasteiger partial charge in [0.05, 0.1) is 23.6 Å². The number of methoxy groups -OCH3 is 1. The fourth-order valence-electron chi connectivity index (χ4n) is 3.04. The molecule has 0 aromatic heterocycles. The minimum Gasteiger partial charge on any atom is -0.497 e. The molecule has 0 radical (unpaired) electrons. The highest BCUT2D eigenvalue weighted by atomic mass is 35.5. The Morgan fingerprint density at radius 3 is 2.80 bits per heavy atom. The van der Waals surface area contributed by atoms with E-state index in [2.05, 4.69) is 24.3 Å². The van der Waals surface area contributed by atoms with Gasteiger partial charge in [-0.1, -0.05) is 23.7 Å². The van der Waals surface area contributed by atoms with Gasteiger partial charge < -0.3 is 9.47 Å². The summed E-state index contributed by atoms with van der Waals surface area (Å²) >= 11 is 12.0. The van der Waals surface area contributed by atoms with Crippen LogP contribution >= 0.6 is 23.2 Å². The number of benzene rings is 2. The van der Waals surface area contributed by atoms with Crippen LogP contribution in [-0.2, 0) is 6.42 Å². The summed E-state index contributed by atoms with van der Waals surface area (Å²) in [6.45, 7) is 0.306. The molecular formula is C20H17Cl2NO2. The second-order valence-corrected chi connectivity index (χ2v) is 6.45. The van der Waals surface area contributed by atoms with Gasteiger partial charge in [-0.3, -0.25) is 0 Å². The first-order chi connectivity index (χ1) is 12.2. The molecule has 0 heterocycles. The van der Waals surface area contributed by atoms with Crippen molar-refractivity contribution in [1.82, 2.24) is 0 Å². The summed E-state index contributed by atoms with van der Waals surface area (Å²) in [6, 6.07) is 11.9. The van der Waals surface area contributed by atoms with E-state index in [1.807, 2.05) is 18.2 Å². The number of rotatable bonds is 5. The Balaban J connectivity index is 2.05. The monoisotopic (exact) mass is 373 g/mol. The van der Waals surface area contributed by atoms with E-state index < -0.39 is 0 Å². The van der Waals surface area contributed by atoms with Crippen molar-refractivity contribution in [3.8, 4) is 17.6 Å². The molecule has 0 amide bonds. The van der Waals surface area contributed by atoms with Gasteiger partial charge in [-0.05, 0) is 59.4 Å². The van der Waals surface area contributed by atoms with Crippen LogP contribution in [0.4, 0.5) is 0 Å². The van der Waals surface area contributed by atoms with Crippen molar-refractivity contribution in [3.63, 3.8) is 0 Å². The summed E-state index contributed by atoms with van der Waals surface area (Å²) in [6.07, 6.45) is 4.08. The summed E-state index contributed by atoms with van der Waals surface area (Å²) in [4.78, 5) is 0. The third kappa shape index (κ3) is 3.61. The van der Waals surface area contributed by atoms with Crippen LogP contribution in [0.5, 0.6) is 11.5 Å². The molecule has 0 bridgehead atoms. The zero-order valence-electron chi connectivity index (χ0n) is 13.8. The third-order valence-corrected chi connectivity index (χ3v) is 4.60. The average Bonchev–Trinajstić information content (AvgIpc) is 2.65. The van der Waals surface area contributed by atoms with E-state index in [4.69, 9.17) is 32.7 Å². The smallest absolute Gasteiger partial charge is 0.155 e. The number of nitriles is 1. The van der Waals surface area contributed by atoms with Gasteiger partial charge in [0.2, 0.25) is 0 Å². The van der Waals surface area contributed by atoms with Crippen LogP contribution in [0.25, 0.3) is 5.57 Å². The van der Waals surface area contributed by atoms with Gasteiger partial charge in [0.1, 0.15) is 18.4 Å². The number of ether oxygens (including phenoxy) is 2. The first-order valence-corrected chi connectivity index (χ1v) is 8.89. The molecule has 3 rings (SSSR count). The first-order valence-electron chi connectivity index (χ1n) is 7.98. The maximum absolute atomic E-state index is 9.47. The van der Waals surface area contributed by atoms with Crippen LogP contribution in [0.15, 0.2) is 36.4 Å². The van der Waals surface area contributed by atoms with E-state index in [0.717, 1.165) is 35.3 Å². The van der Waals surface area contributed by atoms with E-state index in [1.54, 1.807) is 7.11 Å². The number of aryl methyl sites for hydroxylation is 1. The van der Waals surface area contributed by atoms with E-state index in [1.165, 1.54) is 5.56 Å². The fraction of sp³-hybridized carbons (Fsp3) is 0.250. The molecule has 0 atom stereocenters. The molecule has 3 nitrogen and oxygen atoms in total. The Labute approximate surface area is 157 Å². The van der Waals surface area contributed by atoms with Crippen LogP contribution in [0.3, 0.4) is 0 Å². The van der Waals surface area contributed by atoms with Gasteiger partial charge in [-0.25, -0.2) is 0 Å². The highest BCUT2D eigenvalue weighted by molar-refractivity contribution is 6.32. The first kappa shape index (κ1) is 17.7. The lowest BCUT2D eigenvalue weighted by Crippen LogP contribution is -2.04. The largest absolute Gasteiger partial charge is 0.497 e. The molecule has 1 aliphatic rings. The Morgan fingerprint density at radius 2 is 2.08 bits per heavy atom. The molecule has 0 saturated heterocycles. The molecule has 0 N–H and O–H groups in total. The van der Waals surface area contributed by atoms with Crippen LogP contribution in [-0.4, -0.2) is 19.6 Å². The lowest BCUT2D eigenvalue weighted by molar-refractivity contribution is 0.342. The zero-order chi connectivity index (χ0) is 17.8. The maximum Gasteiger partial charge on any atom is 0.155 e. The SMILES string of the molecule is COc1ccc2c(c1)CCC=C2c1cc(Cl)c(OCCCl)c(C#N)c1. The zero-order valence-corrected chi connectivity index (χ0v) is 15.3. The predicted octanol–water partition coefficient (Wildman–Crippen LogP) is 5.22. The van der Waals surface area contributed by atoms with Crippen LogP contribution in [0.1, 0.15) is 28.7 Å². The summed E-state index contributed by atoms with van der Waals surface area (Å²) < 4.78 is 10.8. The predicted molar refractivity (Wildman–Crippen MR) is 101 cm³/mol. The molecule has 2 aromatic rings. The summed E-state index contributed by atoms with van der Waals surface area (Å²) in [7, 11) is 1.67. The Morgan fingerprint density at radius 1 is 1.24 bits per heavy atom. The van der Waals surface area contributed by atoms with E-state index in [9.17, 15) is 5.26 Å².